The van der Waals surface area contributed by atoms with E-state index in [0.29, 0.717) is 11.2 Å². The van der Waals surface area contributed by atoms with Crippen molar-refractivity contribution < 1.29 is 0 Å². The molecule has 2 aromatic carbocycles. The fraction of sp³-hybridized carbons (Fsp3) is 0.200. The van der Waals surface area contributed by atoms with Gasteiger partial charge in [0.2, 0.25) is 0 Å². The molecule has 0 saturated heterocycles. The smallest absolute Gasteiger partial charge is 0.0454 e. The summed E-state index contributed by atoms with van der Waals surface area (Å²) in [7, 11) is 0. The van der Waals surface area contributed by atoms with Crippen molar-refractivity contribution in [2.75, 3.05) is 0 Å². The molecule has 2 unspecified atom stereocenters. The van der Waals surface area contributed by atoms with Crippen LogP contribution >= 0.6 is 11.8 Å². The molecule has 0 bridgehead atoms. The van der Waals surface area contributed by atoms with Gasteiger partial charge in [-0.25, -0.2) is 0 Å². The Labute approximate surface area is 130 Å². The number of benzene rings is 2. The maximum atomic E-state index is 2.36. The van der Waals surface area contributed by atoms with E-state index in [1.807, 2.05) is 11.8 Å². The van der Waals surface area contributed by atoms with E-state index in [2.05, 4.69) is 74.5 Å². The molecule has 0 saturated carbocycles. The lowest BCUT2D eigenvalue weighted by atomic mass is 9.85. The first-order chi connectivity index (χ1) is 10.2. The van der Waals surface area contributed by atoms with Crippen LogP contribution in [0.1, 0.15) is 28.2 Å². The highest BCUT2D eigenvalue weighted by atomic mass is 32.2. The van der Waals surface area contributed by atoms with E-state index < -0.39 is 0 Å². The van der Waals surface area contributed by atoms with Crippen LogP contribution in [0.15, 0.2) is 65.6 Å². The molecule has 1 heterocycles. The van der Waals surface area contributed by atoms with Crippen LogP contribution in [0.25, 0.3) is 5.57 Å². The number of hydrogen-bond acceptors (Lipinski definition) is 1. The zero-order valence-corrected chi connectivity index (χ0v) is 13.2. The number of rotatable bonds is 1. The van der Waals surface area contributed by atoms with Crippen LogP contribution in [0.2, 0.25) is 0 Å². The fourth-order valence-electron chi connectivity index (χ4n) is 3.31. The van der Waals surface area contributed by atoms with Gasteiger partial charge in [-0.05, 0) is 42.2 Å². The van der Waals surface area contributed by atoms with Gasteiger partial charge in [0.1, 0.15) is 0 Å². The van der Waals surface area contributed by atoms with Gasteiger partial charge < -0.3 is 0 Å². The highest BCUT2D eigenvalue weighted by Crippen LogP contribution is 2.52. The predicted molar refractivity (Wildman–Crippen MR) is 91.9 cm³/mol. The maximum Gasteiger partial charge on any atom is 0.0454 e. The Balaban J connectivity index is 1.77. The summed E-state index contributed by atoms with van der Waals surface area (Å²) < 4.78 is 0. The Kier molecular flexibility index (Phi) is 3.04. The van der Waals surface area contributed by atoms with E-state index in [1.54, 1.807) is 0 Å². The molecule has 2 aliphatic rings. The van der Waals surface area contributed by atoms with Gasteiger partial charge in [0.25, 0.3) is 0 Å². The van der Waals surface area contributed by atoms with Crippen LogP contribution in [-0.4, -0.2) is 5.25 Å². The first kappa shape index (κ1) is 13.0. The van der Waals surface area contributed by atoms with Gasteiger partial charge in [-0.3, -0.25) is 0 Å². The minimum atomic E-state index is 0.520. The van der Waals surface area contributed by atoms with Gasteiger partial charge in [-0.2, -0.15) is 0 Å². The maximum absolute atomic E-state index is 2.36. The van der Waals surface area contributed by atoms with Crippen molar-refractivity contribution in [1.82, 2.24) is 0 Å². The zero-order valence-electron chi connectivity index (χ0n) is 12.3. The van der Waals surface area contributed by atoms with Crippen molar-refractivity contribution in [1.29, 1.82) is 0 Å². The molecule has 2 atom stereocenters. The van der Waals surface area contributed by atoms with Gasteiger partial charge in [0.05, 0.1) is 0 Å². The lowest BCUT2D eigenvalue weighted by Gasteiger charge is -2.23. The molecule has 1 aliphatic carbocycles. The molecule has 1 aliphatic heterocycles. The SMILES string of the molecule is Cc1cccc(C2=CC=CC3c4ccc(C)cc4SC23)c1. The molecule has 104 valence electrons. The molecule has 4 rings (SSSR count). The average molecular weight is 290 g/mol. The Morgan fingerprint density at radius 3 is 2.67 bits per heavy atom. The molecule has 1 heteroatoms. The lowest BCUT2D eigenvalue weighted by molar-refractivity contribution is 0.892. The van der Waals surface area contributed by atoms with Gasteiger partial charge in [-0.1, -0.05) is 60.2 Å². The van der Waals surface area contributed by atoms with Crippen LogP contribution in [0.5, 0.6) is 0 Å². The monoisotopic (exact) mass is 290 g/mol. The minimum Gasteiger partial charge on any atom is -0.117 e. The summed E-state index contributed by atoms with van der Waals surface area (Å²) in [5.74, 6) is 0.520. The Bertz CT molecular complexity index is 767. The molecular weight excluding hydrogens is 272 g/mol. The van der Waals surface area contributed by atoms with Crippen LogP contribution in [0.3, 0.4) is 0 Å². The molecule has 21 heavy (non-hydrogen) atoms. The topological polar surface area (TPSA) is 0 Å². The molecule has 0 spiro atoms. The normalized spacial score (nSPS) is 22.7. The van der Waals surface area contributed by atoms with Crippen LogP contribution in [0, 0.1) is 13.8 Å². The summed E-state index contributed by atoms with van der Waals surface area (Å²) in [6, 6.07) is 15.8. The molecule has 0 aromatic heterocycles. The molecule has 0 nitrogen and oxygen atoms in total. The summed E-state index contributed by atoms with van der Waals surface area (Å²) in [6.07, 6.45) is 6.88. The lowest BCUT2D eigenvalue weighted by Crippen LogP contribution is -2.13. The second-order valence-corrected chi connectivity index (χ2v) is 7.17. The summed E-state index contributed by atoms with van der Waals surface area (Å²) >= 11 is 2.02. The average Bonchev–Trinajstić information content (AvgIpc) is 2.84. The van der Waals surface area contributed by atoms with Gasteiger partial charge in [0, 0.05) is 16.1 Å². The van der Waals surface area contributed by atoms with E-state index in [0.717, 1.165) is 0 Å². The summed E-state index contributed by atoms with van der Waals surface area (Å²) in [6.45, 7) is 4.34. The molecule has 2 aromatic rings. The first-order valence-corrected chi connectivity index (χ1v) is 8.33. The summed E-state index contributed by atoms with van der Waals surface area (Å²) in [4.78, 5) is 1.45. The molecular formula is C20H18S. The number of fused-ring (bicyclic) bond motifs is 3. The molecule has 0 N–H and O–H groups in total. The van der Waals surface area contributed by atoms with E-state index >= 15 is 0 Å². The highest BCUT2D eigenvalue weighted by Gasteiger charge is 2.35. The zero-order chi connectivity index (χ0) is 14.4. The first-order valence-electron chi connectivity index (χ1n) is 7.45. The van der Waals surface area contributed by atoms with Crippen molar-refractivity contribution in [3.05, 3.63) is 82.9 Å². The summed E-state index contributed by atoms with van der Waals surface area (Å²) in [5, 5.41) is 0.522. The van der Waals surface area contributed by atoms with E-state index in [4.69, 9.17) is 0 Å². The molecule has 0 amide bonds. The third kappa shape index (κ3) is 2.16. The minimum absolute atomic E-state index is 0.520. The van der Waals surface area contributed by atoms with Crippen LogP contribution in [0.4, 0.5) is 0 Å². The quantitative estimate of drug-likeness (QED) is 0.667. The van der Waals surface area contributed by atoms with Crippen molar-refractivity contribution in [2.24, 2.45) is 0 Å². The van der Waals surface area contributed by atoms with E-state index in [1.165, 1.54) is 32.7 Å². The molecule has 0 radical (unpaired) electrons. The van der Waals surface area contributed by atoms with E-state index in [-0.39, 0.29) is 0 Å². The number of allylic oxidation sites excluding steroid dienone is 3. The second kappa shape index (κ2) is 4.92. The largest absolute Gasteiger partial charge is 0.117 e. The van der Waals surface area contributed by atoms with Gasteiger partial charge >= 0.3 is 0 Å². The number of hydrogen-bond donors (Lipinski definition) is 0. The van der Waals surface area contributed by atoms with Gasteiger partial charge in [-0.15, -0.1) is 11.8 Å². The Morgan fingerprint density at radius 1 is 0.952 bits per heavy atom. The number of aryl methyl sites for hydroxylation is 2. The highest BCUT2D eigenvalue weighted by molar-refractivity contribution is 8.00. The van der Waals surface area contributed by atoms with Crippen molar-refractivity contribution in [2.45, 2.75) is 29.9 Å². The Hall–Kier alpha value is -1.73. The van der Waals surface area contributed by atoms with Crippen LogP contribution < -0.4 is 0 Å². The van der Waals surface area contributed by atoms with Crippen molar-refractivity contribution in [3.8, 4) is 0 Å². The predicted octanol–water partition coefficient (Wildman–Crippen LogP) is 5.51. The van der Waals surface area contributed by atoms with Crippen molar-refractivity contribution >= 4 is 17.3 Å². The number of thioether (sulfide) groups is 1. The fourth-order valence-corrected chi connectivity index (χ4v) is 4.91. The standard InChI is InChI=1S/C20H18S/c1-13-5-3-6-15(11-13)16-7-4-8-18-17-10-9-14(2)12-19(17)21-20(16)18/h3-12,18,20H,1-2H3. The van der Waals surface area contributed by atoms with Crippen LogP contribution in [-0.2, 0) is 0 Å². The van der Waals surface area contributed by atoms with Crippen molar-refractivity contribution in [3.63, 3.8) is 0 Å². The third-order valence-corrected chi connectivity index (χ3v) is 5.77. The van der Waals surface area contributed by atoms with E-state index in [9.17, 15) is 0 Å². The second-order valence-electron chi connectivity index (χ2n) is 5.98. The third-order valence-electron chi connectivity index (χ3n) is 4.36. The Morgan fingerprint density at radius 2 is 1.81 bits per heavy atom. The molecule has 0 fully saturated rings. The summed E-state index contributed by atoms with van der Waals surface area (Å²) in [5.41, 5.74) is 7.00. The van der Waals surface area contributed by atoms with Gasteiger partial charge in [0.15, 0.2) is 0 Å².